The topological polar surface area (TPSA) is 20.2 Å². The molecule has 1 nitrogen and oxygen atoms in total. The molecule has 0 heterocycles. The van der Waals surface area contributed by atoms with Crippen LogP contribution >= 0.6 is 0 Å². The van der Waals surface area contributed by atoms with Gasteiger partial charge in [-0.1, -0.05) is 0 Å². The minimum atomic E-state index is -6.18. The predicted molar refractivity (Wildman–Crippen MR) is 27.9 cm³/mol. The zero-order chi connectivity index (χ0) is 10.9. The van der Waals surface area contributed by atoms with Gasteiger partial charge in [-0.15, -0.1) is 0 Å². The van der Waals surface area contributed by atoms with Crippen LogP contribution in [0.2, 0.25) is 0 Å². The van der Waals surface area contributed by atoms with Crippen molar-refractivity contribution in [2.75, 3.05) is 13.3 Å². The average molecular weight is 214 g/mol. The van der Waals surface area contributed by atoms with Crippen LogP contribution in [0.4, 0.5) is 30.7 Å². The van der Waals surface area contributed by atoms with Gasteiger partial charge in [0.1, 0.15) is 13.3 Å². The predicted octanol–water partition coefficient (Wildman–Crippen LogP) is 1.85. The maximum Gasteiger partial charge on any atom is 0.456 e. The molecule has 80 valence electrons. The van der Waals surface area contributed by atoms with Crippen LogP contribution in [0.1, 0.15) is 0 Å². The van der Waals surface area contributed by atoms with Crippen LogP contribution in [-0.4, -0.2) is 36.2 Å². The van der Waals surface area contributed by atoms with Crippen molar-refractivity contribution >= 4 is 0 Å². The van der Waals surface area contributed by atoms with E-state index < -0.39 is 31.0 Å². The Morgan fingerprint density at radius 1 is 0.846 bits per heavy atom. The summed E-state index contributed by atoms with van der Waals surface area (Å²) in [6, 6.07) is 0. The van der Waals surface area contributed by atoms with E-state index in [0.29, 0.717) is 0 Å². The lowest BCUT2D eigenvalue weighted by molar-refractivity contribution is -0.345. The number of hydrogen-bond acceptors (Lipinski definition) is 1. The fraction of sp³-hybridized carbons (Fsp3) is 1.00. The first kappa shape index (κ1) is 12.5. The van der Waals surface area contributed by atoms with E-state index in [1.807, 2.05) is 0 Å². The summed E-state index contributed by atoms with van der Waals surface area (Å²) in [5.41, 5.74) is -4.33. The second-order valence-corrected chi connectivity index (χ2v) is 2.37. The summed E-state index contributed by atoms with van der Waals surface area (Å²) >= 11 is 0. The van der Waals surface area contributed by atoms with E-state index in [1.165, 1.54) is 0 Å². The summed E-state index contributed by atoms with van der Waals surface area (Å²) in [7, 11) is 0. The zero-order valence-corrected chi connectivity index (χ0v) is 6.01. The molecule has 0 aliphatic carbocycles. The number of halogens is 7. The molecule has 0 aliphatic rings. The Morgan fingerprint density at radius 2 is 1.15 bits per heavy atom. The van der Waals surface area contributed by atoms with Crippen molar-refractivity contribution in [1.29, 1.82) is 0 Å². The number of aliphatic hydroxyl groups is 1. The molecule has 0 saturated carbocycles. The molecular formula is C5H5F7O. The quantitative estimate of drug-likeness (QED) is 0.711. The average Bonchev–Trinajstić information content (AvgIpc) is 2.00. The van der Waals surface area contributed by atoms with Gasteiger partial charge >= 0.3 is 12.1 Å². The van der Waals surface area contributed by atoms with Gasteiger partial charge in [0.15, 0.2) is 5.60 Å². The number of alkyl halides is 7. The molecule has 0 unspecified atom stereocenters. The van der Waals surface area contributed by atoms with E-state index in [2.05, 4.69) is 0 Å². The van der Waals surface area contributed by atoms with Gasteiger partial charge in [0.05, 0.1) is 0 Å². The molecule has 0 aromatic rings. The molecule has 0 fully saturated rings. The smallest absolute Gasteiger partial charge is 0.378 e. The molecule has 0 aromatic heterocycles. The highest BCUT2D eigenvalue weighted by Crippen LogP contribution is 2.43. The van der Waals surface area contributed by atoms with E-state index in [9.17, 15) is 30.7 Å². The molecule has 0 aromatic carbocycles. The Kier molecular flexibility index (Phi) is 3.18. The van der Waals surface area contributed by atoms with Crippen molar-refractivity contribution in [3.05, 3.63) is 0 Å². The van der Waals surface area contributed by atoms with Gasteiger partial charge in [-0.3, -0.25) is 0 Å². The molecule has 0 aliphatic heterocycles. The van der Waals surface area contributed by atoms with Crippen molar-refractivity contribution in [3.63, 3.8) is 0 Å². The Hall–Kier alpha value is -0.530. The van der Waals surface area contributed by atoms with E-state index >= 15 is 0 Å². The van der Waals surface area contributed by atoms with Gasteiger partial charge in [-0.05, 0) is 0 Å². The highest BCUT2D eigenvalue weighted by molar-refractivity contribution is 4.97. The summed E-state index contributed by atoms with van der Waals surface area (Å²) in [5.74, 6) is -5.80. The lowest BCUT2D eigenvalue weighted by Crippen LogP contribution is -2.59. The second-order valence-electron chi connectivity index (χ2n) is 2.37. The van der Waals surface area contributed by atoms with Crippen LogP contribution in [0, 0.1) is 0 Å². The van der Waals surface area contributed by atoms with E-state index in [0.717, 1.165) is 0 Å². The van der Waals surface area contributed by atoms with E-state index in [1.54, 1.807) is 0 Å². The Balaban J connectivity index is 5.00. The Labute approximate surface area is 68.2 Å². The number of hydrogen-bond donors (Lipinski definition) is 1. The molecule has 0 bridgehead atoms. The van der Waals surface area contributed by atoms with Crippen molar-refractivity contribution in [2.45, 2.75) is 17.7 Å². The van der Waals surface area contributed by atoms with Gasteiger partial charge in [-0.25, -0.2) is 8.78 Å². The van der Waals surface area contributed by atoms with Crippen molar-refractivity contribution in [1.82, 2.24) is 0 Å². The first-order valence-electron chi connectivity index (χ1n) is 2.91. The normalized spacial score (nSPS) is 14.8. The fourth-order valence-corrected chi connectivity index (χ4v) is 0.467. The second kappa shape index (κ2) is 3.32. The summed E-state index contributed by atoms with van der Waals surface area (Å²) < 4.78 is 81.8. The molecular weight excluding hydrogens is 209 g/mol. The summed E-state index contributed by atoms with van der Waals surface area (Å²) in [5, 5.41) is 8.27. The van der Waals surface area contributed by atoms with Crippen LogP contribution < -0.4 is 0 Å². The van der Waals surface area contributed by atoms with E-state index in [4.69, 9.17) is 5.11 Å². The van der Waals surface area contributed by atoms with Gasteiger partial charge < -0.3 is 5.11 Å². The molecule has 13 heavy (non-hydrogen) atoms. The molecule has 0 rings (SSSR count). The van der Waals surface area contributed by atoms with Crippen LogP contribution in [0.25, 0.3) is 0 Å². The van der Waals surface area contributed by atoms with Gasteiger partial charge in [0, 0.05) is 0 Å². The number of rotatable bonds is 3. The fourth-order valence-electron chi connectivity index (χ4n) is 0.467. The van der Waals surface area contributed by atoms with Crippen LogP contribution in [0.3, 0.4) is 0 Å². The van der Waals surface area contributed by atoms with Crippen LogP contribution in [-0.2, 0) is 0 Å². The standard InChI is InChI=1S/C5H5F7O/c6-1-3(13,2-7)4(8,9)5(10,11)12/h13H,1-2H2. The van der Waals surface area contributed by atoms with Crippen molar-refractivity contribution < 1.29 is 35.8 Å². The SMILES string of the molecule is OC(CF)(CF)C(F)(F)C(F)(F)F. The minimum Gasteiger partial charge on any atom is -0.378 e. The maximum atomic E-state index is 12.1. The third kappa shape index (κ3) is 1.87. The zero-order valence-electron chi connectivity index (χ0n) is 6.01. The molecule has 0 amide bonds. The van der Waals surface area contributed by atoms with Crippen molar-refractivity contribution in [3.8, 4) is 0 Å². The van der Waals surface area contributed by atoms with Crippen LogP contribution in [0.15, 0.2) is 0 Å². The Morgan fingerprint density at radius 3 is 1.23 bits per heavy atom. The minimum absolute atomic E-state index is 2.52. The first-order valence-corrected chi connectivity index (χ1v) is 2.91. The van der Waals surface area contributed by atoms with E-state index in [-0.39, 0.29) is 0 Å². The monoisotopic (exact) mass is 214 g/mol. The highest BCUT2D eigenvalue weighted by atomic mass is 19.4. The highest BCUT2D eigenvalue weighted by Gasteiger charge is 2.70. The Bertz CT molecular complexity index is 170. The molecule has 8 heteroatoms. The summed E-state index contributed by atoms with van der Waals surface area (Å²) in [4.78, 5) is 0. The molecule has 0 saturated heterocycles. The molecule has 0 atom stereocenters. The molecule has 0 radical (unpaired) electrons. The first-order chi connectivity index (χ1) is 5.62. The lowest BCUT2D eigenvalue weighted by atomic mass is 9.98. The van der Waals surface area contributed by atoms with Gasteiger partial charge in [0.2, 0.25) is 0 Å². The summed E-state index contributed by atoms with van der Waals surface area (Å²) in [6.45, 7) is -5.04. The van der Waals surface area contributed by atoms with Gasteiger partial charge in [0.25, 0.3) is 0 Å². The van der Waals surface area contributed by atoms with Crippen LogP contribution in [0.5, 0.6) is 0 Å². The maximum absolute atomic E-state index is 12.1. The van der Waals surface area contributed by atoms with Gasteiger partial charge in [-0.2, -0.15) is 22.0 Å². The third-order valence-electron chi connectivity index (χ3n) is 1.38. The van der Waals surface area contributed by atoms with Crippen molar-refractivity contribution in [2.24, 2.45) is 0 Å². The largest absolute Gasteiger partial charge is 0.456 e. The molecule has 0 spiro atoms. The summed E-state index contributed by atoms with van der Waals surface area (Å²) in [6.07, 6.45) is -6.18. The third-order valence-corrected chi connectivity index (χ3v) is 1.38. The lowest BCUT2D eigenvalue weighted by Gasteiger charge is -2.32. The molecule has 1 N–H and O–H groups in total.